The van der Waals surface area contributed by atoms with E-state index in [1.165, 1.54) is 26.7 Å². The lowest BCUT2D eigenvalue weighted by atomic mass is 9.88. The van der Waals surface area contributed by atoms with Crippen LogP contribution in [0.5, 0.6) is 0 Å². The molecule has 3 aromatic rings. The van der Waals surface area contributed by atoms with Gasteiger partial charge >= 0.3 is 0 Å². The minimum atomic E-state index is -0.443. The van der Waals surface area contributed by atoms with Gasteiger partial charge in [-0.25, -0.2) is 9.97 Å². The fourth-order valence-electron chi connectivity index (χ4n) is 5.07. The number of nitrogens with zero attached hydrogens (tertiary/aromatic N) is 3. The molecule has 1 atom stereocenters. The number of hydrogen-bond acceptors (Lipinski definition) is 7. The van der Waals surface area contributed by atoms with Crippen molar-refractivity contribution in [3.63, 3.8) is 0 Å². The Hall–Kier alpha value is -2.52. The van der Waals surface area contributed by atoms with Gasteiger partial charge in [-0.1, -0.05) is 6.92 Å². The van der Waals surface area contributed by atoms with Crippen LogP contribution in [-0.4, -0.2) is 34.9 Å². The van der Waals surface area contributed by atoms with Crippen LogP contribution in [0.15, 0.2) is 6.33 Å². The average molecular weight is 484 g/mol. The van der Waals surface area contributed by atoms with Crippen LogP contribution in [0, 0.1) is 25.7 Å². The van der Waals surface area contributed by atoms with Gasteiger partial charge in [-0.3, -0.25) is 9.59 Å². The van der Waals surface area contributed by atoms with E-state index in [2.05, 4.69) is 41.0 Å². The van der Waals surface area contributed by atoms with Crippen LogP contribution in [0.3, 0.4) is 0 Å². The number of aromatic nitrogens is 2. The minimum Gasteiger partial charge on any atom is -0.365 e. The molecular formula is C24H29N5O2S2. The third kappa shape index (κ3) is 4.01. The Morgan fingerprint density at radius 3 is 2.64 bits per heavy atom. The first-order chi connectivity index (χ1) is 15.8. The second-order valence-electron chi connectivity index (χ2n) is 9.33. The lowest BCUT2D eigenvalue weighted by Crippen LogP contribution is -2.38. The third-order valence-electron chi connectivity index (χ3n) is 7.11. The number of fused-ring (bicyclic) bond motifs is 2. The maximum absolute atomic E-state index is 13.1. The molecular weight excluding hydrogens is 454 g/mol. The van der Waals surface area contributed by atoms with Crippen molar-refractivity contribution in [3.8, 4) is 0 Å². The fourth-order valence-corrected chi connectivity index (χ4v) is 7.48. The molecule has 0 spiro atoms. The topological polar surface area (TPSA) is 101 Å². The molecule has 174 valence electrons. The van der Waals surface area contributed by atoms with Crippen LogP contribution in [0.25, 0.3) is 10.2 Å². The lowest BCUT2D eigenvalue weighted by Gasteiger charge is -2.32. The Morgan fingerprint density at radius 1 is 1.15 bits per heavy atom. The predicted molar refractivity (Wildman–Crippen MR) is 134 cm³/mol. The van der Waals surface area contributed by atoms with Crippen LogP contribution < -0.4 is 16.0 Å². The van der Waals surface area contributed by atoms with Gasteiger partial charge in [0.2, 0.25) is 5.91 Å². The zero-order chi connectivity index (χ0) is 23.3. The summed E-state index contributed by atoms with van der Waals surface area (Å²) in [5.74, 6) is 1.01. The van der Waals surface area contributed by atoms with Gasteiger partial charge in [0.15, 0.2) is 0 Å². The molecule has 9 heteroatoms. The van der Waals surface area contributed by atoms with Crippen molar-refractivity contribution in [1.82, 2.24) is 9.97 Å². The maximum Gasteiger partial charge on any atom is 0.251 e. The number of amides is 2. The van der Waals surface area contributed by atoms with Crippen molar-refractivity contribution in [2.24, 2.45) is 17.6 Å². The number of piperidine rings is 1. The second kappa shape index (κ2) is 8.68. The molecule has 4 heterocycles. The van der Waals surface area contributed by atoms with Crippen molar-refractivity contribution in [3.05, 3.63) is 32.8 Å². The Bertz CT molecular complexity index is 1240. The van der Waals surface area contributed by atoms with Gasteiger partial charge in [-0.05, 0) is 63.0 Å². The number of aryl methyl sites for hydroxylation is 2. The third-order valence-corrected chi connectivity index (χ3v) is 9.39. The molecule has 1 aliphatic carbocycles. The standard InChI is InChI=1S/C24H29N5O2S2/c1-12-4-5-16-17(10-12)33-24(19(16)20(25)30)28-22(31)15-6-8-29(9-7-15)21-18-13(2)14(3)32-23(18)27-11-26-21/h11-12,15H,4-10H2,1-3H3,(H2,25,30)(H,28,31)/t12-/m0/s1. The first-order valence-corrected chi connectivity index (χ1v) is 13.2. The number of carbonyl (C=O) groups excluding carboxylic acids is 2. The van der Waals surface area contributed by atoms with Crippen LogP contribution in [0.1, 0.15) is 57.4 Å². The van der Waals surface area contributed by atoms with Crippen molar-refractivity contribution in [1.29, 1.82) is 0 Å². The summed E-state index contributed by atoms with van der Waals surface area (Å²) < 4.78 is 0. The molecule has 7 nitrogen and oxygen atoms in total. The highest BCUT2D eigenvalue weighted by Gasteiger charge is 2.31. The highest BCUT2D eigenvalue weighted by Crippen LogP contribution is 2.40. The monoisotopic (exact) mass is 483 g/mol. The van der Waals surface area contributed by atoms with Gasteiger partial charge < -0.3 is 16.0 Å². The molecule has 0 aromatic carbocycles. The smallest absolute Gasteiger partial charge is 0.251 e. The van der Waals surface area contributed by atoms with Crippen molar-refractivity contribution >= 4 is 55.5 Å². The largest absolute Gasteiger partial charge is 0.365 e. The number of nitrogens with one attached hydrogen (secondary N) is 1. The minimum absolute atomic E-state index is 0.0146. The Balaban J connectivity index is 1.30. The van der Waals surface area contributed by atoms with Crippen LogP contribution in [-0.2, 0) is 17.6 Å². The van der Waals surface area contributed by atoms with E-state index in [-0.39, 0.29) is 11.8 Å². The van der Waals surface area contributed by atoms with E-state index < -0.39 is 5.91 Å². The number of primary amides is 1. The Kier molecular flexibility index (Phi) is 5.86. The summed E-state index contributed by atoms with van der Waals surface area (Å²) in [6.07, 6.45) is 5.98. The molecule has 3 N–H and O–H groups in total. The van der Waals surface area contributed by atoms with E-state index in [4.69, 9.17) is 5.73 Å². The van der Waals surface area contributed by atoms with E-state index in [1.807, 2.05) is 0 Å². The van der Waals surface area contributed by atoms with E-state index in [0.717, 1.165) is 66.8 Å². The Labute approximate surface area is 201 Å². The first-order valence-electron chi connectivity index (χ1n) is 11.5. The maximum atomic E-state index is 13.1. The highest BCUT2D eigenvalue weighted by atomic mass is 32.1. The van der Waals surface area contributed by atoms with Crippen LogP contribution in [0.2, 0.25) is 0 Å². The number of rotatable bonds is 4. The summed E-state index contributed by atoms with van der Waals surface area (Å²) in [6, 6.07) is 0. The average Bonchev–Trinajstić information content (AvgIpc) is 3.29. The lowest BCUT2D eigenvalue weighted by molar-refractivity contribution is -0.120. The fraction of sp³-hybridized carbons (Fsp3) is 0.500. The molecule has 2 aliphatic rings. The SMILES string of the molecule is Cc1sc2ncnc(N3CCC(C(=O)Nc4sc5c(c4C(N)=O)CC[C@H](C)C5)CC3)c2c1C. The normalized spacial score (nSPS) is 19.0. The molecule has 0 bridgehead atoms. The van der Waals surface area contributed by atoms with Gasteiger partial charge in [-0.15, -0.1) is 22.7 Å². The molecule has 1 fully saturated rings. The molecule has 0 unspecified atom stereocenters. The van der Waals surface area contributed by atoms with E-state index >= 15 is 0 Å². The molecule has 1 aliphatic heterocycles. The quantitative estimate of drug-likeness (QED) is 0.571. The summed E-state index contributed by atoms with van der Waals surface area (Å²) in [7, 11) is 0. The summed E-state index contributed by atoms with van der Waals surface area (Å²) >= 11 is 3.23. The molecule has 3 aromatic heterocycles. The number of hydrogen-bond donors (Lipinski definition) is 2. The number of anilines is 2. The zero-order valence-corrected chi connectivity index (χ0v) is 20.9. The summed E-state index contributed by atoms with van der Waals surface area (Å²) in [6.45, 7) is 7.99. The van der Waals surface area contributed by atoms with Crippen LogP contribution in [0.4, 0.5) is 10.8 Å². The summed E-state index contributed by atoms with van der Waals surface area (Å²) in [5.41, 5.74) is 8.52. The van der Waals surface area contributed by atoms with Gasteiger partial charge in [0.05, 0.1) is 10.9 Å². The number of nitrogens with two attached hydrogens (primary N) is 1. The van der Waals surface area contributed by atoms with Crippen molar-refractivity contribution in [2.75, 3.05) is 23.3 Å². The molecule has 2 amide bonds. The molecule has 5 rings (SSSR count). The Morgan fingerprint density at radius 2 is 1.91 bits per heavy atom. The molecule has 0 saturated carbocycles. The van der Waals surface area contributed by atoms with Gasteiger partial charge in [0.25, 0.3) is 5.91 Å². The second-order valence-corrected chi connectivity index (χ2v) is 11.6. The zero-order valence-electron chi connectivity index (χ0n) is 19.2. The van der Waals surface area contributed by atoms with Crippen molar-refractivity contribution in [2.45, 2.75) is 52.9 Å². The van der Waals surface area contributed by atoms with Gasteiger partial charge in [0, 0.05) is 28.8 Å². The molecule has 1 saturated heterocycles. The molecule has 33 heavy (non-hydrogen) atoms. The first kappa shape index (κ1) is 22.3. The van der Waals surface area contributed by atoms with E-state index in [1.54, 1.807) is 17.7 Å². The van der Waals surface area contributed by atoms with Crippen molar-refractivity contribution < 1.29 is 9.59 Å². The molecule has 0 radical (unpaired) electrons. The van der Waals surface area contributed by atoms with E-state index in [9.17, 15) is 9.59 Å². The van der Waals surface area contributed by atoms with Gasteiger partial charge in [0.1, 0.15) is 22.0 Å². The summed E-state index contributed by atoms with van der Waals surface area (Å²) in [4.78, 5) is 40.1. The summed E-state index contributed by atoms with van der Waals surface area (Å²) in [5, 5.41) is 4.83. The highest BCUT2D eigenvalue weighted by molar-refractivity contribution is 7.18. The number of carbonyl (C=O) groups is 2. The van der Waals surface area contributed by atoms with E-state index in [0.29, 0.717) is 16.5 Å². The number of thiophene rings is 2. The van der Waals surface area contributed by atoms with Crippen LogP contribution >= 0.6 is 22.7 Å². The van der Waals surface area contributed by atoms with Gasteiger partial charge in [-0.2, -0.15) is 0 Å². The predicted octanol–water partition coefficient (Wildman–Crippen LogP) is 4.45.